The zero-order chi connectivity index (χ0) is 11.1. The van der Waals surface area contributed by atoms with Crippen LogP contribution in [-0.4, -0.2) is 15.6 Å². The third kappa shape index (κ3) is 1.87. The van der Waals surface area contributed by atoms with Crippen molar-refractivity contribution in [1.29, 1.82) is 0 Å². The zero-order valence-corrected chi connectivity index (χ0v) is 10.8. The van der Waals surface area contributed by atoms with E-state index in [4.69, 9.17) is 0 Å². The topological polar surface area (TPSA) is 29.9 Å². The molecule has 0 amide bonds. The molecule has 1 aliphatic rings. The first kappa shape index (κ1) is 10.3. The molecule has 0 bridgehead atoms. The first-order chi connectivity index (χ1) is 7.74. The fourth-order valence-electron chi connectivity index (χ4n) is 1.90. The van der Waals surface area contributed by atoms with Crippen LogP contribution in [0.2, 0.25) is 0 Å². The number of nitrogens with one attached hydrogen (secondary N) is 1. The van der Waals surface area contributed by atoms with Gasteiger partial charge in [0, 0.05) is 17.6 Å². The van der Waals surface area contributed by atoms with Gasteiger partial charge >= 0.3 is 0 Å². The van der Waals surface area contributed by atoms with Crippen molar-refractivity contribution in [3.8, 4) is 0 Å². The van der Waals surface area contributed by atoms with E-state index in [0.29, 0.717) is 0 Å². The van der Waals surface area contributed by atoms with Gasteiger partial charge in [0.1, 0.15) is 5.82 Å². The number of hydrogen-bond donors (Lipinski definition) is 1. The molecule has 1 fully saturated rings. The van der Waals surface area contributed by atoms with Crippen LogP contribution in [0, 0.1) is 0 Å². The van der Waals surface area contributed by atoms with Gasteiger partial charge in [-0.15, -0.1) is 0 Å². The molecule has 0 radical (unpaired) electrons. The summed E-state index contributed by atoms with van der Waals surface area (Å²) in [4.78, 5) is 4.64. The smallest absolute Gasteiger partial charge is 0.123 e. The number of imidazole rings is 1. The van der Waals surface area contributed by atoms with Gasteiger partial charge in [0.05, 0.1) is 17.6 Å². The molecule has 84 valence electrons. The van der Waals surface area contributed by atoms with Gasteiger partial charge in [-0.05, 0) is 31.0 Å². The van der Waals surface area contributed by atoms with E-state index < -0.39 is 0 Å². The molecule has 1 saturated carbocycles. The van der Waals surface area contributed by atoms with Gasteiger partial charge in [-0.3, -0.25) is 0 Å². The molecule has 16 heavy (non-hydrogen) atoms. The van der Waals surface area contributed by atoms with Gasteiger partial charge < -0.3 is 9.88 Å². The Labute approximate surface area is 103 Å². The lowest BCUT2D eigenvalue weighted by molar-refractivity contribution is 0.639. The summed E-state index contributed by atoms with van der Waals surface area (Å²) >= 11 is 3.47. The van der Waals surface area contributed by atoms with Crippen molar-refractivity contribution in [2.24, 2.45) is 7.05 Å². The molecule has 0 atom stereocenters. The molecular formula is C12H14BrN3. The molecule has 1 aromatic carbocycles. The molecule has 3 nitrogen and oxygen atoms in total. The van der Waals surface area contributed by atoms with Gasteiger partial charge in [-0.2, -0.15) is 0 Å². The molecule has 0 spiro atoms. The molecule has 2 aromatic rings. The van der Waals surface area contributed by atoms with Gasteiger partial charge in [0.25, 0.3) is 0 Å². The highest BCUT2D eigenvalue weighted by molar-refractivity contribution is 9.10. The number of aryl methyl sites for hydroxylation is 1. The summed E-state index contributed by atoms with van der Waals surface area (Å²) < 4.78 is 3.25. The quantitative estimate of drug-likeness (QED) is 0.936. The van der Waals surface area contributed by atoms with E-state index in [0.717, 1.165) is 28.4 Å². The number of rotatable bonds is 3. The van der Waals surface area contributed by atoms with E-state index >= 15 is 0 Å². The average molecular weight is 280 g/mol. The van der Waals surface area contributed by atoms with Crippen LogP contribution in [0.15, 0.2) is 22.7 Å². The Balaban J connectivity index is 1.94. The van der Waals surface area contributed by atoms with Crippen LogP contribution in [-0.2, 0) is 13.6 Å². The summed E-state index contributed by atoms with van der Waals surface area (Å²) in [7, 11) is 2.08. The van der Waals surface area contributed by atoms with Crippen molar-refractivity contribution in [3.63, 3.8) is 0 Å². The predicted octanol–water partition coefficient (Wildman–Crippen LogP) is 2.59. The first-order valence-corrected chi connectivity index (χ1v) is 6.37. The monoisotopic (exact) mass is 279 g/mol. The van der Waals surface area contributed by atoms with Crippen LogP contribution in [0.25, 0.3) is 11.0 Å². The first-order valence-electron chi connectivity index (χ1n) is 5.58. The summed E-state index contributed by atoms with van der Waals surface area (Å²) in [6, 6.07) is 6.96. The molecule has 4 heteroatoms. The Morgan fingerprint density at radius 2 is 2.31 bits per heavy atom. The van der Waals surface area contributed by atoms with Crippen LogP contribution in [0.4, 0.5) is 0 Å². The standard InChI is InChI=1S/C12H14BrN3/c1-16-11-5-2-8(13)6-10(11)15-12(16)7-14-9-3-4-9/h2,5-6,9,14H,3-4,7H2,1H3. The Kier molecular flexibility index (Phi) is 2.48. The van der Waals surface area contributed by atoms with E-state index in [-0.39, 0.29) is 0 Å². The molecule has 1 aliphatic carbocycles. The van der Waals surface area contributed by atoms with Crippen molar-refractivity contribution in [1.82, 2.24) is 14.9 Å². The third-order valence-electron chi connectivity index (χ3n) is 3.06. The summed E-state index contributed by atoms with van der Waals surface area (Å²) in [6.45, 7) is 0.869. The summed E-state index contributed by atoms with van der Waals surface area (Å²) in [5.41, 5.74) is 2.25. The number of benzene rings is 1. The Morgan fingerprint density at radius 1 is 1.50 bits per heavy atom. The van der Waals surface area contributed by atoms with Crippen molar-refractivity contribution in [2.75, 3.05) is 0 Å². The number of hydrogen-bond acceptors (Lipinski definition) is 2. The molecule has 1 N–H and O–H groups in total. The fraction of sp³-hybridized carbons (Fsp3) is 0.417. The minimum Gasteiger partial charge on any atom is -0.330 e. The lowest BCUT2D eigenvalue weighted by atomic mass is 10.3. The van der Waals surface area contributed by atoms with Crippen molar-refractivity contribution < 1.29 is 0 Å². The van der Waals surface area contributed by atoms with Crippen molar-refractivity contribution in [2.45, 2.75) is 25.4 Å². The van der Waals surface area contributed by atoms with Crippen LogP contribution < -0.4 is 5.32 Å². The second-order valence-corrected chi connectivity index (χ2v) is 5.29. The van der Waals surface area contributed by atoms with E-state index in [1.54, 1.807) is 0 Å². The van der Waals surface area contributed by atoms with Gasteiger partial charge in [-0.1, -0.05) is 15.9 Å². The van der Waals surface area contributed by atoms with E-state index in [1.165, 1.54) is 18.4 Å². The van der Waals surface area contributed by atoms with E-state index in [9.17, 15) is 0 Å². The zero-order valence-electron chi connectivity index (χ0n) is 9.20. The molecule has 3 rings (SSSR count). The van der Waals surface area contributed by atoms with Gasteiger partial charge in [-0.25, -0.2) is 4.98 Å². The fourth-order valence-corrected chi connectivity index (χ4v) is 2.25. The molecule has 0 saturated heterocycles. The number of fused-ring (bicyclic) bond motifs is 1. The second-order valence-electron chi connectivity index (χ2n) is 4.38. The molecule has 0 aliphatic heterocycles. The normalized spacial score (nSPS) is 15.9. The Morgan fingerprint density at radius 3 is 3.06 bits per heavy atom. The Hall–Kier alpha value is -0.870. The van der Waals surface area contributed by atoms with Crippen LogP contribution in [0.1, 0.15) is 18.7 Å². The summed E-state index contributed by atoms with van der Waals surface area (Å²) in [5, 5.41) is 3.49. The number of aromatic nitrogens is 2. The molecule has 0 unspecified atom stereocenters. The van der Waals surface area contributed by atoms with E-state index in [2.05, 4.69) is 56.0 Å². The Bertz CT molecular complexity index is 528. The highest BCUT2D eigenvalue weighted by Crippen LogP contribution is 2.22. The third-order valence-corrected chi connectivity index (χ3v) is 3.55. The predicted molar refractivity (Wildman–Crippen MR) is 68.3 cm³/mol. The minimum atomic E-state index is 0.728. The van der Waals surface area contributed by atoms with E-state index in [1.807, 2.05) is 0 Å². The van der Waals surface area contributed by atoms with Gasteiger partial charge in [0.2, 0.25) is 0 Å². The van der Waals surface area contributed by atoms with Crippen LogP contribution >= 0.6 is 15.9 Å². The number of nitrogens with zero attached hydrogens (tertiary/aromatic N) is 2. The largest absolute Gasteiger partial charge is 0.330 e. The molecule has 1 aromatic heterocycles. The minimum absolute atomic E-state index is 0.728. The van der Waals surface area contributed by atoms with Crippen molar-refractivity contribution >= 4 is 27.0 Å². The second kappa shape index (κ2) is 3.86. The molecular weight excluding hydrogens is 266 g/mol. The highest BCUT2D eigenvalue weighted by atomic mass is 79.9. The highest BCUT2D eigenvalue weighted by Gasteiger charge is 2.21. The lowest BCUT2D eigenvalue weighted by Gasteiger charge is -2.02. The SMILES string of the molecule is Cn1c(CNC2CC2)nc2cc(Br)ccc21. The van der Waals surface area contributed by atoms with Crippen LogP contribution in [0.3, 0.4) is 0 Å². The summed E-state index contributed by atoms with van der Waals surface area (Å²) in [5.74, 6) is 1.11. The maximum absolute atomic E-state index is 4.64. The van der Waals surface area contributed by atoms with Crippen molar-refractivity contribution in [3.05, 3.63) is 28.5 Å². The number of halogens is 1. The van der Waals surface area contributed by atoms with Crippen LogP contribution in [0.5, 0.6) is 0 Å². The molecule has 1 heterocycles. The average Bonchev–Trinajstić information content (AvgIpc) is 3.03. The van der Waals surface area contributed by atoms with Gasteiger partial charge in [0.15, 0.2) is 0 Å². The summed E-state index contributed by atoms with van der Waals surface area (Å²) in [6.07, 6.45) is 2.63. The lowest BCUT2D eigenvalue weighted by Crippen LogP contribution is -2.18. The maximum Gasteiger partial charge on any atom is 0.123 e. The maximum atomic E-state index is 4.64.